The summed E-state index contributed by atoms with van der Waals surface area (Å²) in [4.78, 5) is 23.2. The molecule has 1 amide bonds. The fraction of sp³-hybridized carbons (Fsp3) is 0.320. The van der Waals surface area contributed by atoms with E-state index in [9.17, 15) is 4.79 Å². The lowest BCUT2D eigenvalue weighted by molar-refractivity contribution is -0.132. The number of nitrogens with zero attached hydrogens (tertiary/aromatic N) is 4. The van der Waals surface area contributed by atoms with Crippen molar-refractivity contribution in [3.05, 3.63) is 77.2 Å². The van der Waals surface area contributed by atoms with Gasteiger partial charge >= 0.3 is 0 Å². The zero-order chi connectivity index (χ0) is 22.4. The highest BCUT2D eigenvalue weighted by molar-refractivity contribution is 5.84. The summed E-state index contributed by atoms with van der Waals surface area (Å²) in [6, 6.07) is 11.1. The Kier molecular flexibility index (Phi) is 4.77. The maximum absolute atomic E-state index is 13.3. The van der Waals surface area contributed by atoms with Crippen LogP contribution in [0.15, 0.2) is 48.9 Å². The number of hydrogen-bond donors (Lipinski definition) is 1. The molecule has 3 aliphatic rings. The summed E-state index contributed by atoms with van der Waals surface area (Å²) in [5, 5.41) is 3.45. The van der Waals surface area contributed by atoms with Gasteiger partial charge in [-0.2, -0.15) is 0 Å². The van der Waals surface area contributed by atoms with Crippen molar-refractivity contribution in [1.82, 2.24) is 19.8 Å². The van der Waals surface area contributed by atoms with Gasteiger partial charge in [-0.25, -0.2) is 9.83 Å². The molecule has 6 bridgehead atoms. The smallest absolute Gasteiger partial charge is 0.240 e. The topological polar surface area (TPSA) is 73.0 Å². The molecule has 1 unspecified atom stereocenters. The monoisotopic (exact) mass is 441 g/mol. The molecule has 0 aliphatic carbocycles. The first-order valence-corrected chi connectivity index (χ1v) is 11.2. The summed E-state index contributed by atoms with van der Waals surface area (Å²) in [5.74, 6) is 2.05. The minimum Gasteiger partial charge on any atom is -0.493 e. The zero-order valence-electron chi connectivity index (χ0n) is 18.0. The molecule has 0 spiro atoms. The van der Waals surface area contributed by atoms with Crippen molar-refractivity contribution in [2.45, 2.75) is 38.0 Å². The molecular formula is C25H23N5O3. The van der Waals surface area contributed by atoms with Gasteiger partial charge < -0.3 is 24.3 Å². The highest BCUT2D eigenvalue weighted by atomic mass is 16.5. The van der Waals surface area contributed by atoms with Crippen molar-refractivity contribution in [1.29, 1.82) is 0 Å². The van der Waals surface area contributed by atoms with Crippen molar-refractivity contribution in [2.24, 2.45) is 0 Å². The highest BCUT2D eigenvalue weighted by Gasteiger charge is 2.38. The predicted molar refractivity (Wildman–Crippen MR) is 120 cm³/mol. The molecule has 0 radical (unpaired) electrons. The van der Waals surface area contributed by atoms with Crippen LogP contribution in [-0.4, -0.2) is 39.6 Å². The molecule has 2 aromatic carbocycles. The van der Waals surface area contributed by atoms with Crippen LogP contribution in [0.4, 0.5) is 5.69 Å². The largest absolute Gasteiger partial charge is 0.493 e. The third-order valence-corrected chi connectivity index (χ3v) is 6.66. The number of benzene rings is 2. The van der Waals surface area contributed by atoms with E-state index in [1.165, 1.54) is 0 Å². The van der Waals surface area contributed by atoms with Gasteiger partial charge in [0.1, 0.15) is 17.2 Å². The summed E-state index contributed by atoms with van der Waals surface area (Å²) in [5.41, 5.74) is 3.42. The number of ether oxygens (including phenoxy) is 2. The number of fused-ring (bicyclic) bond motifs is 7. The second kappa shape index (κ2) is 7.94. The Morgan fingerprint density at radius 2 is 2.09 bits per heavy atom. The van der Waals surface area contributed by atoms with E-state index in [1.807, 2.05) is 41.4 Å². The fourth-order valence-corrected chi connectivity index (χ4v) is 4.96. The van der Waals surface area contributed by atoms with Gasteiger partial charge in [-0.1, -0.05) is 12.1 Å². The lowest BCUT2D eigenvalue weighted by atomic mass is 9.98. The predicted octanol–water partition coefficient (Wildman–Crippen LogP) is 3.80. The van der Waals surface area contributed by atoms with Gasteiger partial charge in [0.05, 0.1) is 37.3 Å². The first kappa shape index (κ1) is 19.8. The van der Waals surface area contributed by atoms with Crippen LogP contribution >= 0.6 is 0 Å². The number of rotatable bonds is 0. The minimum atomic E-state index is -0.212. The molecule has 3 aliphatic heterocycles. The molecule has 6 rings (SSSR count). The van der Waals surface area contributed by atoms with E-state index in [-0.39, 0.29) is 18.0 Å². The van der Waals surface area contributed by atoms with Crippen molar-refractivity contribution in [2.75, 3.05) is 13.2 Å². The summed E-state index contributed by atoms with van der Waals surface area (Å²) < 4.78 is 14.2. The molecule has 8 heteroatoms. The van der Waals surface area contributed by atoms with E-state index in [0.29, 0.717) is 43.4 Å². The van der Waals surface area contributed by atoms with Gasteiger partial charge in [0.25, 0.3) is 0 Å². The number of aromatic nitrogens is 2. The number of carbonyl (C=O) groups excluding carboxylic acids is 1. The fourth-order valence-electron chi connectivity index (χ4n) is 4.96. The van der Waals surface area contributed by atoms with E-state index in [2.05, 4.69) is 19.7 Å². The molecule has 3 aromatic rings. The van der Waals surface area contributed by atoms with E-state index in [0.717, 1.165) is 35.4 Å². The van der Waals surface area contributed by atoms with Crippen LogP contribution in [0.1, 0.15) is 35.7 Å². The van der Waals surface area contributed by atoms with Gasteiger partial charge in [0.15, 0.2) is 0 Å². The average Bonchev–Trinajstić information content (AvgIpc) is 3.43. The lowest BCUT2D eigenvalue weighted by Crippen LogP contribution is -2.40. The SMILES string of the molecule is [C-]#[N+]c1ccc2cc1Oc1ccc3c(c1)C(CCO3)N1CC[C@@H](NCc3cncn3C2)C1=O. The average molecular weight is 441 g/mol. The summed E-state index contributed by atoms with van der Waals surface area (Å²) >= 11 is 0. The Labute approximate surface area is 191 Å². The maximum Gasteiger partial charge on any atom is 0.240 e. The Morgan fingerprint density at radius 1 is 1.15 bits per heavy atom. The van der Waals surface area contributed by atoms with Crippen LogP contribution in [0.2, 0.25) is 0 Å². The first-order valence-electron chi connectivity index (χ1n) is 11.2. The van der Waals surface area contributed by atoms with Gasteiger partial charge in [0, 0.05) is 37.8 Å². The van der Waals surface area contributed by atoms with Gasteiger partial charge in [-0.05, 0) is 36.2 Å². The lowest BCUT2D eigenvalue weighted by Gasteiger charge is -2.33. The maximum atomic E-state index is 13.3. The quantitative estimate of drug-likeness (QED) is 0.537. The van der Waals surface area contributed by atoms with E-state index in [4.69, 9.17) is 16.0 Å². The molecule has 166 valence electrons. The zero-order valence-corrected chi connectivity index (χ0v) is 18.0. The molecule has 0 saturated carbocycles. The van der Waals surface area contributed by atoms with Crippen LogP contribution < -0.4 is 14.8 Å². The third kappa shape index (κ3) is 3.51. The second-order valence-electron chi connectivity index (χ2n) is 8.64. The summed E-state index contributed by atoms with van der Waals surface area (Å²) in [7, 11) is 0. The van der Waals surface area contributed by atoms with Gasteiger partial charge in [0.2, 0.25) is 11.6 Å². The molecule has 2 atom stereocenters. The molecule has 8 nitrogen and oxygen atoms in total. The van der Waals surface area contributed by atoms with Gasteiger partial charge in [-0.3, -0.25) is 4.79 Å². The number of nitrogens with one attached hydrogen (secondary N) is 1. The Hall–Kier alpha value is -3.83. The van der Waals surface area contributed by atoms with Crippen LogP contribution in [0.5, 0.6) is 17.2 Å². The normalized spacial score (nSPS) is 21.5. The van der Waals surface area contributed by atoms with Crippen molar-refractivity contribution in [3.8, 4) is 17.2 Å². The standard InChI is InChI=1S/C25H23N5O3/c1-26-20-4-2-16-10-24(20)33-18-3-5-23-19(11-18)22(7-9-32-23)30-8-6-21(25(30)31)28-13-17-12-27-15-29(17)14-16/h2-5,10-12,15,21-22,28H,6-9,13-14H2/t21-,22?/m1/s1. The van der Waals surface area contributed by atoms with Crippen molar-refractivity contribution >= 4 is 11.6 Å². The molecule has 1 saturated heterocycles. The van der Waals surface area contributed by atoms with Gasteiger partial charge in [-0.15, -0.1) is 0 Å². The van der Waals surface area contributed by atoms with Crippen molar-refractivity contribution in [3.63, 3.8) is 0 Å². The van der Waals surface area contributed by atoms with E-state index in [1.54, 1.807) is 12.4 Å². The number of amides is 1. The number of hydrogen-bond acceptors (Lipinski definition) is 5. The molecular weight excluding hydrogens is 418 g/mol. The number of carbonyl (C=O) groups is 1. The molecule has 4 heterocycles. The molecule has 1 fully saturated rings. The summed E-state index contributed by atoms with van der Waals surface area (Å²) in [6.45, 7) is 9.99. The van der Waals surface area contributed by atoms with Crippen LogP contribution in [0.25, 0.3) is 4.85 Å². The summed E-state index contributed by atoms with van der Waals surface area (Å²) in [6.07, 6.45) is 5.13. The van der Waals surface area contributed by atoms with Crippen LogP contribution in [0, 0.1) is 6.57 Å². The Morgan fingerprint density at radius 3 is 3.00 bits per heavy atom. The minimum absolute atomic E-state index is 0.0540. The molecule has 33 heavy (non-hydrogen) atoms. The Bertz CT molecular complexity index is 1280. The Balaban J connectivity index is 1.46. The first-order chi connectivity index (χ1) is 16.2. The second-order valence-corrected chi connectivity index (χ2v) is 8.64. The van der Waals surface area contributed by atoms with Crippen LogP contribution in [-0.2, 0) is 17.9 Å². The van der Waals surface area contributed by atoms with E-state index >= 15 is 0 Å². The molecule has 1 N–H and O–H groups in total. The van der Waals surface area contributed by atoms with E-state index < -0.39 is 0 Å². The number of imidazole rings is 1. The third-order valence-electron chi connectivity index (χ3n) is 6.66. The molecule has 1 aromatic heterocycles. The van der Waals surface area contributed by atoms with Crippen molar-refractivity contribution < 1.29 is 14.3 Å². The van der Waals surface area contributed by atoms with Crippen LogP contribution in [0.3, 0.4) is 0 Å². The highest BCUT2D eigenvalue weighted by Crippen LogP contribution is 2.42.